The van der Waals surface area contributed by atoms with Crippen molar-refractivity contribution >= 4 is 12.4 Å². The number of ether oxygens (including phenoxy) is 2. The predicted molar refractivity (Wildman–Crippen MR) is 78.5 cm³/mol. The Balaban J connectivity index is 2.21. The molecular weight excluding hydrogens is 320 g/mol. The van der Waals surface area contributed by atoms with Crippen LogP contribution in [0.3, 0.4) is 0 Å². The highest BCUT2D eigenvalue weighted by Crippen LogP contribution is 2.32. The van der Waals surface area contributed by atoms with Crippen molar-refractivity contribution in [2.24, 2.45) is 0 Å². The normalized spacial score (nSPS) is 15.9. The first-order valence-electron chi connectivity index (χ1n) is 6.75. The third-order valence-electron chi connectivity index (χ3n) is 3.31. The Morgan fingerprint density at radius 2 is 2.12 bits per heavy atom. The molecule has 5 nitrogen and oxygen atoms in total. The van der Waals surface area contributed by atoms with Gasteiger partial charge in [0.25, 0.3) is 6.47 Å². The topological polar surface area (TPSA) is 76.4 Å². The molecule has 0 saturated carbocycles. The summed E-state index contributed by atoms with van der Waals surface area (Å²) in [6.45, 7) is 3.40. The van der Waals surface area contributed by atoms with E-state index in [4.69, 9.17) is 5.26 Å². The van der Waals surface area contributed by atoms with Gasteiger partial charge in [-0.3, -0.25) is 4.79 Å². The van der Waals surface area contributed by atoms with Crippen LogP contribution in [-0.4, -0.2) is 12.4 Å². The molecule has 0 fully saturated rings. The van der Waals surface area contributed by atoms with Crippen molar-refractivity contribution in [1.29, 1.82) is 5.26 Å². The number of hydrogen-bond donors (Lipinski definition) is 0. The average molecular weight is 331 g/mol. The van der Waals surface area contributed by atoms with Crippen molar-refractivity contribution in [2.75, 3.05) is 0 Å². The molecule has 0 N–H and O–H groups in total. The molecule has 1 aliphatic rings. The average Bonchev–Trinajstić information content (AvgIpc) is 2.59. The standard InChI is InChI=1S/C17H11F2NO4/c1-10(8-20)17(22)24-14-7-6-13(15(18)16(14)19)11-2-4-12(5-3-11)23-9-21/h2,4-7,9,11H,1,3H2. The lowest BCUT2D eigenvalue weighted by Gasteiger charge is -2.17. The van der Waals surface area contributed by atoms with Gasteiger partial charge in [0.1, 0.15) is 17.4 Å². The van der Waals surface area contributed by atoms with Gasteiger partial charge in [-0.2, -0.15) is 9.65 Å². The van der Waals surface area contributed by atoms with Gasteiger partial charge < -0.3 is 9.47 Å². The summed E-state index contributed by atoms with van der Waals surface area (Å²) in [5.74, 6) is -4.41. The minimum absolute atomic E-state index is 0.0593. The number of carbonyl (C=O) groups is 2. The van der Waals surface area contributed by atoms with E-state index in [-0.39, 0.29) is 12.0 Å². The first-order valence-corrected chi connectivity index (χ1v) is 6.75. The van der Waals surface area contributed by atoms with Crippen molar-refractivity contribution in [3.8, 4) is 11.8 Å². The van der Waals surface area contributed by atoms with E-state index in [2.05, 4.69) is 16.1 Å². The summed E-state index contributed by atoms with van der Waals surface area (Å²) in [4.78, 5) is 21.6. The largest absolute Gasteiger partial charge is 0.429 e. The number of esters is 1. The number of halogens is 2. The lowest BCUT2D eigenvalue weighted by molar-refractivity contribution is -0.130. The molecular formula is C17H11F2NO4. The van der Waals surface area contributed by atoms with E-state index in [9.17, 15) is 18.4 Å². The Hall–Kier alpha value is -3.27. The highest BCUT2D eigenvalue weighted by atomic mass is 19.2. The molecule has 0 amide bonds. The molecule has 122 valence electrons. The maximum Gasteiger partial charge on any atom is 0.353 e. The molecule has 0 bridgehead atoms. The highest BCUT2D eigenvalue weighted by molar-refractivity contribution is 5.93. The number of carbonyl (C=O) groups excluding carboxylic acids is 2. The predicted octanol–water partition coefficient (Wildman–Crippen LogP) is 3.05. The van der Waals surface area contributed by atoms with Crippen LogP contribution in [0, 0.1) is 23.0 Å². The third-order valence-corrected chi connectivity index (χ3v) is 3.31. The van der Waals surface area contributed by atoms with Crippen LogP contribution in [0.1, 0.15) is 17.9 Å². The summed E-state index contributed by atoms with van der Waals surface area (Å²) in [6, 6.07) is 3.84. The van der Waals surface area contributed by atoms with Crippen LogP contribution in [-0.2, 0) is 14.3 Å². The molecule has 1 aromatic rings. The summed E-state index contributed by atoms with van der Waals surface area (Å²) < 4.78 is 37.6. The summed E-state index contributed by atoms with van der Waals surface area (Å²) >= 11 is 0. The maximum atomic E-state index is 14.2. The van der Waals surface area contributed by atoms with E-state index in [1.807, 2.05) is 0 Å². The number of hydrogen-bond acceptors (Lipinski definition) is 5. The van der Waals surface area contributed by atoms with Crippen LogP contribution in [0.5, 0.6) is 5.75 Å². The van der Waals surface area contributed by atoms with Crippen LogP contribution in [0.25, 0.3) is 0 Å². The molecule has 24 heavy (non-hydrogen) atoms. The Labute approximate surface area is 136 Å². The molecule has 1 atom stereocenters. The quantitative estimate of drug-likeness (QED) is 0.272. The molecule has 0 heterocycles. The SMILES string of the molecule is C=C(C#N)C(=O)Oc1ccc(C2C=CC(OC=O)=CC2)c(F)c1F. The lowest BCUT2D eigenvalue weighted by atomic mass is 9.91. The van der Waals surface area contributed by atoms with Gasteiger partial charge in [-0.15, -0.1) is 0 Å². The number of nitriles is 1. The maximum absolute atomic E-state index is 14.2. The fourth-order valence-electron chi connectivity index (χ4n) is 2.09. The smallest absolute Gasteiger partial charge is 0.353 e. The van der Waals surface area contributed by atoms with Gasteiger partial charge in [0.05, 0.1) is 0 Å². The van der Waals surface area contributed by atoms with Crippen LogP contribution in [0.15, 0.2) is 48.3 Å². The van der Waals surface area contributed by atoms with E-state index >= 15 is 0 Å². The number of rotatable bonds is 5. The van der Waals surface area contributed by atoms with E-state index in [0.29, 0.717) is 12.2 Å². The second kappa shape index (κ2) is 7.33. The number of allylic oxidation sites excluding steroid dienone is 3. The van der Waals surface area contributed by atoms with Crippen molar-refractivity contribution in [2.45, 2.75) is 12.3 Å². The summed E-state index contributed by atoms with van der Waals surface area (Å²) in [5, 5.41) is 8.52. The second-order valence-corrected chi connectivity index (χ2v) is 4.78. The van der Waals surface area contributed by atoms with Gasteiger partial charge in [-0.25, -0.2) is 9.18 Å². The Bertz CT molecular complexity index is 806. The molecule has 7 heteroatoms. The first-order chi connectivity index (χ1) is 11.5. The zero-order valence-electron chi connectivity index (χ0n) is 12.3. The Morgan fingerprint density at radius 1 is 1.38 bits per heavy atom. The summed E-state index contributed by atoms with van der Waals surface area (Å²) in [7, 11) is 0. The van der Waals surface area contributed by atoms with Gasteiger partial charge in [-0.1, -0.05) is 18.7 Å². The van der Waals surface area contributed by atoms with Gasteiger partial charge in [-0.05, 0) is 30.2 Å². The fourth-order valence-corrected chi connectivity index (χ4v) is 2.09. The molecule has 2 rings (SSSR count). The molecule has 1 unspecified atom stereocenters. The molecule has 0 radical (unpaired) electrons. The minimum atomic E-state index is -1.33. The molecule has 1 aliphatic carbocycles. The fraction of sp³-hybridized carbons (Fsp3) is 0.118. The van der Waals surface area contributed by atoms with Crippen LogP contribution < -0.4 is 4.74 Å². The van der Waals surface area contributed by atoms with Crippen molar-refractivity contribution in [3.63, 3.8) is 0 Å². The number of benzene rings is 1. The van der Waals surface area contributed by atoms with Gasteiger partial charge in [0.15, 0.2) is 11.6 Å². The second-order valence-electron chi connectivity index (χ2n) is 4.78. The van der Waals surface area contributed by atoms with Crippen LogP contribution in [0.2, 0.25) is 0 Å². The van der Waals surface area contributed by atoms with Crippen LogP contribution in [0.4, 0.5) is 8.78 Å². The molecule has 0 saturated heterocycles. The number of nitrogens with zero attached hydrogens (tertiary/aromatic N) is 1. The van der Waals surface area contributed by atoms with E-state index < -0.39 is 34.8 Å². The van der Waals surface area contributed by atoms with Gasteiger partial charge >= 0.3 is 5.97 Å². The zero-order chi connectivity index (χ0) is 17.7. The van der Waals surface area contributed by atoms with E-state index in [1.54, 1.807) is 12.2 Å². The first kappa shape index (κ1) is 17.1. The molecule has 0 aliphatic heterocycles. The summed E-state index contributed by atoms with van der Waals surface area (Å²) in [5.41, 5.74) is -0.467. The molecule has 0 spiro atoms. The van der Waals surface area contributed by atoms with Crippen molar-refractivity contribution in [3.05, 3.63) is 65.5 Å². The minimum Gasteiger partial charge on any atom is -0.429 e. The Morgan fingerprint density at radius 3 is 2.71 bits per heavy atom. The van der Waals surface area contributed by atoms with Crippen molar-refractivity contribution in [1.82, 2.24) is 0 Å². The monoisotopic (exact) mass is 331 g/mol. The van der Waals surface area contributed by atoms with Gasteiger partial charge in [0, 0.05) is 5.92 Å². The van der Waals surface area contributed by atoms with Crippen molar-refractivity contribution < 1.29 is 27.8 Å². The Kier molecular flexibility index (Phi) is 5.22. The third kappa shape index (κ3) is 3.55. The molecule has 0 aromatic heterocycles. The summed E-state index contributed by atoms with van der Waals surface area (Å²) in [6.07, 6.45) is 4.92. The molecule has 1 aromatic carbocycles. The van der Waals surface area contributed by atoms with Gasteiger partial charge in [0.2, 0.25) is 5.82 Å². The lowest BCUT2D eigenvalue weighted by Crippen LogP contribution is -2.12. The van der Waals surface area contributed by atoms with E-state index in [0.717, 1.165) is 6.07 Å². The van der Waals surface area contributed by atoms with E-state index in [1.165, 1.54) is 18.2 Å². The zero-order valence-corrected chi connectivity index (χ0v) is 12.3. The van der Waals surface area contributed by atoms with Crippen LogP contribution >= 0.6 is 0 Å². The highest BCUT2D eigenvalue weighted by Gasteiger charge is 2.22.